The SMILES string of the molecule is CCC/C=C/C/C=C\C(C)OC(=O)/C=C/CCCCCC(O)CCCCCCCC(=O)OC(C)=C=CCCCCCC. The quantitative estimate of drug-likeness (QED) is 0.0259. The van der Waals surface area contributed by atoms with Gasteiger partial charge in [-0.15, -0.1) is 0 Å². The standard InChI is InChI=1S/C37H62O5/c1-5-7-9-11-15-21-27-33(3)41-36(39)31-25-19-13-17-23-29-35(38)30-24-18-14-20-26-32-37(40)42-34(4)28-22-16-12-10-8-6-2/h9,11,21-22,25,27,31,33,35,38H,5-8,10,12-20,23-24,26,29-30,32H2,1-4H3/b11-9+,27-21-,31-25+. The van der Waals surface area contributed by atoms with Crippen molar-refractivity contribution < 1.29 is 24.2 Å². The molecule has 0 radical (unpaired) electrons. The first-order valence-electron chi connectivity index (χ1n) is 16.9. The highest BCUT2D eigenvalue weighted by Crippen LogP contribution is 2.14. The minimum absolute atomic E-state index is 0.172. The number of rotatable bonds is 27. The molecule has 2 unspecified atom stereocenters. The van der Waals surface area contributed by atoms with Gasteiger partial charge in [0.15, 0.2) is 0 Å². The van der Waals surface area contributed by atoms with Crippen LogP contribution in [0.15, 0.2) is 54.0 Å². The summed E-state index contributed by atoms with van der Waals surface area (Å²) in [5.41, 5.74) is 3.07. The molecular formula is C37H62O5. The van der Waals surface area contributed by atoms with Crippen molar-refractivity contribution in [2.45, 2.75) is 168 Å². The lowest BCUT2D eigenvalue weighted by Crippen LogP contribution is -2.10. The number of hydrogen-bond donors (Lipinski definition) is 1. The summed E-state index contributed by atoms with van der Waals surface area (Å²) in [5.74, 6) is 0.0856. The summed E-state index contributed by atoms with van der Waals surface area (Å²) < 4.78 is 10.7. The maximum Gasteiger partial charge on any atom is 0.331 e. The zero-order chi connectivity index (χ0) is 31.1. The highest BCUT2D eigenvalue weighted by Gasteiger charge is 2.06. The topological polar surface area (TPSA) is 72.8 Å². The molecule has 240 valence electrons. The third kappa shape index (κ3) is 29.1. The summed E-state index contributed by atoms with van der Waals surface area (Å²) in [7, 11) is 0. The van der Waals surface area contributed by atoms with Gasteiger partial charge in [0, 0.05) is 19.4 Å². The molecule has 0 aliphatic carbocycles. The molecule has 5 nitrogen and oxygen atoms in total. The third-order valence-corrected chi connectivity index (χ3v) is 6.96. The molecule has 0 heterocycles. The van der Waals surface area contributed by atoms with E-state index < -0.39 is 0 Å². The van der Waals surface area contributed by atoms with Crippen molar-refractivity contribution in [1.82, 2.24) is 0 Å². The van der Waals surface area contributed by atoms with Crippen LogP contribution in [0.3, 0.4) is 0 Å². The minimum atomic E-state index is -0.299. The van der Waals surface area contributed by atoms with Crippen LogP contribution >= 0.6 is 0 Å². The summed E-state index contributed by atoms with van der Waals surface area (Å²) in [6.45, 7) is 8.02. The largest absolute Gasteiger partial charge is 0.455 e. The number of hydrogen-bond acceptors (Lipinski definition) is 5. The lowest BCUT2D eigenvalue weighted by molar-refractivity contribution is -0.140. The summed E-state index contributed by atoms with van der Waals surface area (Å²) in [6.07, 6.45) is 33.2. The first-order valence-corrected chi connectivity index (χ1v) is 16.9. The van der Waals surface area contributed by atoms with Crippen LogP contribution < -0.4 is 0 Å². The Kier molecular flexibility index (Phi) is 28.4. The van der Waals surface area contributed by atoms with Gasteiger partial charge in [0.05, 0.1) is 6.10 Å². The molecule has 0 bridgehead atoms. The van der Waals surface area contributed by atoms with Crippen molar-refractivity contribution in [2.75, 3.05) is 0 Å². The van der Waals surface area contributed by atoms with Crippen molar-refractivity contribution in [3.8, 4) is 0 Å². The molecular weight excluding hydrogens is 524 g/mol. The molecule has 1 N–H and O–H groups in total. The van der Waals surface area contributed by atoms with Crippen molar-refractivity contribution in [3.63, 3.8) is 0 Å². The van der Waals surface area contributed by atoms with Crippen LogP contribution in [0, 0.1) is 0 Å². The molecule has 0 saturated heterocycles. The predicted molar refractivity (Wildman–Crippen MR) is 176 cm³/mol. The number of allylic oxidation sites excluding steroid dienone is 5. The highest BCUT2D eigenvalue weighted by molar-refractivity contribution is 5.82. The van der Waals surface area contributed by atoms with Gasteiger partial charge in [-0.2, -0.15) is 0 Å². The van der Waals surface area contributed by atoms with E-state index in [1.165, 1.54) is 25.3 Å². The fourth-order valence-corrected chi connectivity index (χ4v) is 4.45. The van der Waals surface area contributed by atoms with Crippen molar-refractivity contribution in [2.24, 2.45) is 0 Å². The zero-order valence-electron chi connectivity index (χ0n) is 27.4. The molecule has 42 heavy (non-hydrogen) atoms. The zero-order valence-corrected chi connectivity index (χ0v) is 27.4. The Labute approximate surface area is 258 Å². The van der Waals surface area contributed by atoms with Crippen molar-refractivity contribution >= 4 is 11.9 Å². The average Bonchev–Trinajstić information content (AvgIpc) is 2.95. The first kappa shape index (κ1) is 39.6. The average molecular weight is 587 g/mol. The number of aliphatic hydroxyl groups is 1. The highest BCUT2D eigenvalue weighted by atomic mass is 16.5. The van der Waals surface area contributed by atoms with E-state index in [2.05, 4.69) is 31.7 Å². The van der Waals surface area contributed by atoms with Crippen LogP contribution in [-0.4, -0.2) is 29.3 Å². The second kappa shape index (κ2) is 30.1. The summed E-state index contributed by atoms with van der Waals surface area (Å²) >= 11 is 0. The number of carbonyl (C=O) groups is 2. The van der Waals surface area contributed by atoms with Crippen LogP contribution in [0.5, 0.6) is 0 Å². The molecule has 0 amide bonds. The number of unbranched alkanes of at least 4 members (excludes halogenated alkanes) is 12. The molecule has 0 aliphatic rings. The molecule has 0 aromatic rings. The Hall–Kier alpha value is -2.36. The number of ether oxygens (including phenoxy) is 2. The van der Waals surface area contributed by atoms with Crippen LogP contribution in [-0.2, 0) is 19.1 Å². The monoisotopic (exact) mass is 586 g/mol. The predicted octanol–water partition coefficient (Wildman–Crippen LogP) is 10.4. The van der Waals surface area contributed by atoms with E-state index in [0.717, 1.165) is 103 Å². The number of esters is 2. The lowest BCUT2D eigenvalue weighted by Gasteiger charge is -2.10. The van der Waals surface area contributed by atoms with Crippen LogP contribution in [0.2, 0.25) is 0 Å². The molecule has 0 rings (SSSR count). The molecule has 0 fully saturated rings. The van der Waals surface area contributed by atoms with Gasteiger partial charge < -0.3 is 14.6 Å². The summed E-state index contributed by atoms with van der Waals surface area (Å²) in [6, 6.07) is 0. The Bertz CT molecular complexity index is 816. The smallest absolute Gasteiger partial charge is 0.331 e. The maximum absolute atomic E-state index is 12.0. The molecule has 0 aromatic heterocycles. The van der Waals surface area contributed by atoms with Crippen molar-refractivity contribution in [1.29, 1.82) is 0 Å². The van der Waals surface area contributed by atoms with Crippen LogP contribution in [0.4, 0.5) is 0 Å². The fraction of sp³-hybridized carbons (Fsp3) is 0.703. The van der Waals surface area contributed by atoms with E-state index >= 15 is 0 Å². The van der Waals surface area contributed by atoms with Gasteiger partial charge >= 0.3 is 11.9 Å². The maximum atomic E-state index is 12.0. The fourth-order valence-electron chi connectivity index (χ4n) is 4.45. The van der Waals surface area contributed by atoms with E-state index in [-0.39, 0.29) is 24.1 Å². The minimum Gasteiger partial charge on any atom is -0.455 e. The second-order valence-electron chi connectivity index (χ2n) is 11.3. The van der Waals surface area contributed by atoms with E-state index in [0.29, 0.717) is 12.2 Å². The van der Waals surface area contributed by atoms with E-state index in [1.54, 1.807) is 6.92 Å². The first-order chi connectivity index (χ1) is 20.4. The third-order valence-electron chi connectivity index (χ3n) is 6.96. The molecule has 0 spiro atoms. The van der Waals surface area contributed by atoms with Crippen LogP contribution in [0.25, 0.3) is 0 Å². The molecule has 0 aliphatic heterocycles. The van der Waals surface area contributed by atoms with Gasteiger partial charge in [-0.3, -0.25) is 4.79 Å². The van der Waals surface area contributed by atoms with E-state index in [4.69, 9.17) is 9.47 Å². The second-order valence-corrected chi connectivity index (χ2v) is 11.3. The Balaban J connectivity index is 3.69. The molecule has 0 aromatic carbocycles. The lowest BCUT2D eigenvalue weighted by atomic mass is 10.0. The molecule has 5 heteroatoms. The summed E-state index contributed by atoms with van der Waals surface area (Å²) in [4.78, 5) is 23.9. The molecule has 2 atom stereocenters. The number of carbonyl (C=O) groups excluding carboxylic acids is 2. The Morgan fingerprint density at radius 1 is 0.762 bits per heavy atom. The Morgan fingerprint density at radius 2 is 1.43 bits per heavy atom. The Morgan fingerprint density at radius 3 is 2.17 bits per heavy atom. The van der Waals surface area contributed by atoms with Gasteiger partial charge in [-0.1, -0.05) is 108 Å². The van der Waals surface area contributed by atoms with Gasteiger partial charge in [0.2, 0.25) is 0 Å². The van der Waals surface area contributed by atoms with E-state index in [1.807, 2.05) is 31.2 Å². The normalized spacial score (nSPS) is 13.0. The van der Waals surface area contributed by atoms with Gasteiger partial charge in [-0.25, -0.2) is 4.79 Å². The van der Waals surface area contributed by atoms with E-state index in [9.17, 15) is 14.7 Å². The molecule has 0 saturated carbocycles. The van der Waals surface area contributed by atoms with Gasteiger partial charge in [-0.05, 0) is 76.9 Å². The summed E-state index contributed by atoms with van der Waals surface area (Å²) in [5, 5.41) is 10.2. The van der Waals surface area contributed by atoms with Crippen molar-refractivity contribution in [3.05, 3.63) is 54.0 Å². The number of aliphatic hydroxyl groups excluding tert-OH is 1. The van der Waals surface area contributed by atoms with Crippen LogP contribution in [0.1, 0.15) is 156 Å². The van der Waals surface area contributed by atoms with Gasteiger partial charge in [0.25, 0.3) is 0 Å². The van der Waals surface area contributed by atoms with Gasteiger partial charge in [0.1, 0.15) is 11.9 Å².